The van der Waals surface area contributed by atoms with Gasteiger partial charge in [-0.25, -0.2) is 4.98 Å². The van der Waals surface area contributed by atoms with E-state index >= 15 is 0 Å². The second-order valence-electron chi connectivity index (χ2n) is 6.74. The van der Waals surface area contributed by atoms with Gasteiger partial charge in [0.05, 0.1) is 0 Å². The fraction of sp³-hybridized carbons (Fsp3) is 0.429. The lowest BCUT2D eigenvalue weighted by molar-refractivity contribution is -0.118. The number of rotatable bonds is 6. The van der Waals surface area contributed by atoms with E-state index in [9.17, 15) is 4.79 Å². The van der Waals surface area contributed by atoms with Crippen LogP contribution in [0.2, 0.25) is 0 Å². The zero-order valence-corrected chi connectivity index (χ0v) is 15.8. The molecule has 1 saturated heterocycles. The molecule has 2 heterocycles. The number of benzene rings is 1. The molecule has 3 rings (SSSR count). The van der Waals surface area contributed by atoms with Gasteiger partial charge in [0.15, 0.2) is 0 Å². The van der Waals surface area contributed by atoms with Crippen molar-refractivity contribution in [2.24, 2.45) is 0 Å². The zero-order chi connectivity index (χ0) is 18.4. The van der Waals surface area contributed by atoms with Crippen molar-refractivity contribution in [1.29, 1.82) is 0 Å². The number of anilines is 2. The maximum absolute atomic E-state index is 12.7. The standard InChI is InChI=1S/C21H28N4O/c1-3-25(19-8-6-7-18(2)17-19)21(26)10-12-23-13-15-24(16-14-23)20-9-4-5-11-22-20/h4-9,11,17H,3,10,12-16H2,1-2H3. The Morgan fingerprint density at radius 1 is 1.12 bits per heavy atom. The van der Waals surface area contributed by atoms with E-state index in [1.54, 1.807) is 0 Å². The van der Waals surface area contributed by atoms with Gasteiger partial charge in [0, 0.05) is 57.6 Å². The molecule has 138 valence electrons. The molecule has 1 aromatic heterocycles. The molecule has 1 aliphatic heterocycles. The third kappa shape index (κ3) is 4.61. The summed E-state index contributed by atoms with van der Waals surface area (Å²) >= 11 is 0. The lowest BCUT2D eigenvalue weighted by Crippen LogP contribution is -2.47. The molecule has 0 radical (unpaired) electrons. The van der Waals surface area contributed by atoms with Crippen molar-refractivity contribution in [2.45, 2.75) is 20.3 Å². The average molecular weight is 352 g/mol. The summed E-state index contributed by atoms with van der Waals surface area (Å²) in [4.78, 5) is 23.7. The molecule has 0 aliphatic carbocycles. The lowest BCUT2D eigenvalue weighted by Gasteiger charge is -2.35. The predicted octanol–water partition coefficient (Wildman–Crippen LogP) is 2.96. The van der Waals surface area contributed by atoms with Gasteiger partial charge in [-0.05, 0) is 43.7 Å². The molecular formula is C21H28N4O. The Hall–Kier alpha value is -2.40. The topological polar surface area (TPSA) is 39.7 Å². The summed E-state index contributed by atoms with van der Waals surface area (Å²) in [6.07, 6.45) is 2.40. The van der Waals surface area contributed by atoms with Crippen molar-refractivity contribution in [2.75, 3.05) is 49.1 Å². The van der Waals surface area contributed by atoms with Gasteiger partial charge >= 0.3 is 0 Å². The highest BCUT2D eigenvalue weighted by Crippen LogP contribution is 2.17. The molecular weight excluding hydrogens is 324 g/mol. The third-order valence-corrected chi connectivity index (χ3v) is 4.92. The van der Waals surface area contributed by atoms with Gasteiger partial charge in [0.25, 0.3) is 0 Å². The van der Waals surface area contributed by atoms with Crippen molar-refractivity contribution in [3.63, 3.8) is 0 Å². The van der Waals surface area contributed by atoms with E-state index < -0.39 is 0 Å². The first kappa shape index (κ1) is 18.4. The number of carbonyl (C=O) groups excluding carboxylic acids is 1. The van der Waals surface area contributed by atoms with E-state index in [0.29, 0.717) is 13.0 Å². The molecule has 0 saturated carbocycles. The molecule has 0 bridgehead atoms. The summed E-state index contributed by atoms with van der Waals surface area (Å²) in [5, 5.41) is 0. The molecule has 0 unspecified atom stereocenters. The first-order chi connectivity index (χ1) is 12.7. The number of hydrogen-bond acceptors (Lipinski definition) is 4. The van der Waals surface area contributed by atoms with Crippen LogP contribution in [0.1, 0.15) is 18.9 Å². The number of nitrogens with zero attached hydrogens (tertiary/aromatic N) is 4. The van der Waals surface area contributed by atoms with Gasteiger partial charge in [0.2, 0.25) is 5.91 Å². The highest BCUT2D eigenvalue weighted by Gasteiger charge is 2.20. The number of amides is 1. The van der Waals surface area contributed by atoms with Gasteiger partial charge in [-0.3, -0.25) is 9.69 Å². The summed E-state index contributed by atoms with van der Waals surface area (Å²) in [6.45, 7) is 9.48. The molecule has 26 heavy (non-hydrogen) atoms. The van der Waals surface area contributed by atoms with Gasteiger partial charge in [-0.2, -0.15) is 0 Å². The van der Waals surface area contributed by atoms with Gasteiger partial charge in [-0.15, -0.1) is 0 Å². The van der Waals surface area contributed by atoms with Crippen LogP contribution in [0, 0.1) is 6.92 Å². The number of aromatic nitrogens is 1. The molecule has 1 aromatic carbocycles. The number of hydrogen-bond donors (Lipinski definition) is 0. The molecule has 5 heteroatoms. The maximum Gasteiger partial charge on any atom is 0.228 e. The van der Waals surface area contributed by atoms with E-state index in [1.807, 2.05) is 42.3 Å². The second-order valence-corrected chi connectivity index (χ2v) is 6.74. The highest BCUT2D eigenvalue weighted by molar-refractivity contribution is 5.93. The Morgan fingerprint density at radius 2 is 1.92 bits per heavy atom. The number of carbonyl (C=O) groups is 1. The second kappa shape index (κ2) is 8.81. The molecule has 0 N–H and O–H groups in total. The van der Waals surface area contributed by atoms with Gasteiger partial charge < -0.3 is 9.80 Å². The van der Waals surface area contributed by atoms with Gasteiger partial charge in [-0.1, -0.05) is 18.2 Å². The smallest absolute Gasteiger partial charge is 0.228 e. The summed E-state index contributed by atoms with van der Waals surface area (Å²) in [6, 6.07) is 14.2. The molecule has 5 nitrogen and oxygen atoms in total. The Balaban J connectivity index is 1.49. The summed E-state index contributed by atoms with van der Waals surface area (Å²) in [5.41, 5.74) is 2.18. The fourth-order valence-electron chi connectivity index (χ4n) is 3.43. The maximum atomic E-state index is 12.7. The number of pyridine rings is 1. The summed E-state index contributed by atoms with van der Waals surface area (Å²) in [5.74, 6) is 1.24. The highest BCUT2D eigenvalue weighted by atomic mass is 16.2. The van der Waals surface area contributed by atoms with Crippen LogP contribution in [0.4, 0.5) is 11.5 Å². The number of aryl methyl sites for hydroxylation is 1. The minimum Gasteiger partial charge on any atom is -0.354 e. The minimum absolute atomic E-state index is 0.199. The average Bonchev–Trinajstić information content (AvgIpc) is 2.68. The van der Waals surface area contributed by atoms with Crippen LogP contribution in [-0.4, -0.2) is 55.1 Å². The van der Waals surface area contributed by atoms with Crippen LogP contribution < -0.4 is 9.80 Å². The third-order valence-electron chi connectivity index (χ3n) is 4.92. The Labute approximate surface area is 156 Å². The molecule has 0 atom stereocenters. The minimum atomic E-state index is 0.199. The van der Waals surface area contributed by atoms with Crippen LogP contribution in [0.15, 0.2) is 48.7 Å². The van der Waals surface area contributed by atoms with Crippen molar-refractivity contribution in [3.8, 4) is 0 Å². The summed E-state index contributed by atoms with van der Waals surface area (Å²) in [7, 11) is 0. The van der Waals surface area contributed by atoms with Gasteiger partial charge in [0.1, 0.15) is 5.82 Å². The van der Waals surface area contributed by atoms with Crippen molar-refractivity contribution in [1.82, 2.24) is 9.88 Å². The first-order valence-corrected chi connectivity index (χ1v) is 9.42. The molecule has 1 fully saturated rings. The van der Waals surface area contributed by atoms with E-state index in [2.05, 4.69) is 39.9 Å². The van der Waals surface area contributed by atoms with Crippen LogP contribution in [0.25, 0.3) is 0 Å². The Morgan fingerprint density at radius 3 is 2.58 bits per heavy atom. The van der Waals surface area contributed by atoms with Crippen molar-refractivity contribution < 1.29 is 4.79 Å². The monoisotopic (exact) mass is 352 g/mol. The van der Waals surface area contributed by atoms with E-state index in [4.69, 9.17) is 0 Å². The van der Waals surface area contributed by atoms with E-state index in [0.717, 1.165) is 44.2 Å². The first-order valence-electron chi connectivity index (χ1n) is 9.42. The largest absolute Gasteiger partial charge is 0.354 e. The van der Waals surface area contributed by atoms with Crippen LogP contribution in [0.5, 0.6) is 0 Å². The predicted molar refractivity (Wildman–Crippen MR) is 107 cm³/mol. The molecule has 1 aliphatic rings. The van der Waals surface area contributed by atoms with Crippen LogP contribution in [0.3, 0.4) is 0 Å². The lowest BCUT2D eigenvalue weighted by atomic mass is 10.2. The van der Waals surface area contributed by atoms with E-state index in [1.165, 1.54) is 5.56 Å². The van der Waals surface area contributed by atoms with Crippen LogP contribution >= 0.6 is 0 Å². The Bertz CT molecular complexity index is 711. The van der Waals surface area contributed by atoms with E-state index in [-0.39, 0.29) is 5.91 Å². The van der Waals surface area contributed by atoms with Crippen molar-refractivity contribution >= 4 is 17.4 Å². The summed E-state index contributed by atoms with van der Waals surface area (Å²) < 4.78 is 0. The molecule has 2 aromatic rings. The molecule has 0 spiro atoms. The van der Waals surface area contributed by atoms with Crippen molar-refractivity contribution in [3.05, 3.63) is 54.2 Å². The normalized spacial score (nSPS) is 15.1. The SMILES string of the molecule is CCN(C(=O)CCN1CCN(c2ccccn2)CC1)c1cccc(C)c1. The number of piperazine rings is 1. The molecule has 1 amide bonds. The fourth-order valence-corrected chi connectivity index (χ4v) is 3.43. The zero-order valence-electron chi connectivity index (χ0n) is 15.8. The Kier molecular flexibility index (Phi) is 6.23. The van der Waals surface area contributed by atoms with Crippen LogP contribution in [-0.2, 0) is 4.79 Å². The quantitative estimate of drug-likeness (QED) is 0.801.